The molecule has 0 saturated carbocycles. The second kappa shape index (κ2) is 11.6. The van der Waals surface area contributed by atoms with Crippen LogP contribution >= 0.6 is 15.8 Å². The average molecular weight is 599 g/mol. The Morgan fingerprint density at radius 1 is 0.524 bits per heavy atom. The van der Waals surface area contributed by atoms with E-state index < -0.39 is 15.8 Å². The molecule has 0 fully saturated rings. The van der Waals surface area contributed by atoms with E-state index in [9.17, 15) is 0 Å². The second-order valence-electron chi connectivity index (χ2n) is 12.9. The van der Waals surface area contributed by atoms with E-state index in [1.54, 1.807) is 0 Å². The molecule has 0 spiro atoms. The Hall–Kier alpha value is -3.06. The van der Waals surface area contributed by atoms with Crippen molar-refractivity contribution in [1.29, 1.82) is 0 Å². The molecule has 4 aromatic rings. The molecule has 0 aromatic heterocycles. The molecule has 0 N–H and O–H groups in total. The van der Waals surface area contributed by atoms with E-state index in [0.29, 0.717) is 13.2 Å². The Bertz CT molecular complexity index is 1410. The average Bonchev–Trinajstić information content (AvgIpc) is 3.56. The lowest BCUT2D eigenvalue weighted by Gasteiger charge is -2.39. The third-order valence-corrected chi connectivity index (χ3v) is 14.3. The van der Waals surface area contributed by atoms with Gasteiger partial charge in [0.05, 0.1) is 10.6 Å². The summed E-state index contributed by atoms with van der Waals surface area (Å²) in [6.07, 6.45) is 0. The molecular weight excluding hydrogens is 558 g/mol. The normalized spacial score (nSPS) is 21.2. The summed E-state index contributed by atoms with van der Waals surface area (Å²) in [6.45, 7) is 15.0. The predicted octanol–water partition coefficient (Wildman–Crippen LogP) is 8.79. The minimum Gasteiger partial charge on any atom is -0.488 e. The number of ether oxygens (including phenoxy) is 4. The van der Waals surface area contributed by atoms with Gasteiger partial charge in [-0.15, -0.1) is 0 Å². The van der Waals surface area contributed by atoms with Crippen LogP contribution in [0.15, 0.2) is 97.1 Å². The number of hydrogen-bond donors (Lipinski definition) is 0. The van der Waals surface area contributed by atoms with Crippen LogP contribution in [-0.2, 0) is 13.2 Å². The minimum atomic E-state index is -0.805. The molecule has 0 unspecified atom stereocenters. The first-order chi connectivity index (χ1) is 20.1. The molecule has 0 aliphatic carbocycles. The van der Waals surface area contributed by atoms with Crippen LogP contribution < -0.4 is 29.6 Å². The summed E-state index contributed by atoms with van der Waals surface area (Å²) < 4.78 is 26.9. The molecule has 42 heavy (non-hydrogen) atoms. The summed E-state index contributed by atoms with van der Waals surface area (Å²) in [7, 11) is -1.61. The topological polar surface area (TPSA) is 36.9 Å². The molecule has 0 radical (unpaired) electrons. The van der Waals surface area contributed by atoms with Crippen molar-refractivity contribution < 1.29 is 18.9 Å². The fourth-order valence-corrected chi connectivity index (χ4v) is 12.5. The zero-order valence-electron chi connectivity index (χ0n) is 25.3. The second-order valence-corrected chi connectivity index (χ2v) is 18.9. The predicted molar refractivity (Wildman–Crippen MR) is 176 cm³/mol. The Labute approximate surface area is 252 Å². The van der Waals surface area contributed by atoms with Gasteiger partial charge in [-0.2, -0.15) is 0 Å². The van der Waals surface area contributed by atoms with Crippen LogP contribution in [0.3, 0.4) is 0 Å². The molecule has 4 aromatic carbocycles. The lowest BCUT2D eigenvalue weighted by atomic mass is 10.2. The van der Waals surface area contributed by atoms with Gasteiger partial charge >= 0.3 is 0 Å². The SMILES string of the molecule is CC(C)(C)[P@@]1c2c(OCc3ccccc3)cccc2O[C@@H]1[C@H]1Oc2cccc(OCc3ccccc3)c2[P@]1C(C)(C)C. The van der Waals surface area contributed by atoms with Crippen LogP contribution in [0, 0.1) is 0 Å². The van der Waals surface area contributed by atoms with E-state index in [2.05, 4.69) is 114 Å². The number of benzene rings is 4. The van der Waals surface area contributed by atoms with Crippen LogP contribution in [0.4, 0.5) is 0 Å². The molecule has 0 amide bonds. The highest BCUT2D eigenvalue weighted by Gasteiger charge is 2.55. The molecular formula is C36H40O4P2. The summed E-state index contributed by atoms with van der Waals surface area (Å²) in [6, 6.07) is 33.2. The maximum absolute atomic E-state index is 6.95. The van der Waals surface area contributed by atoms with Gasteiger partial charge in [0.25, 0.3) is 0 Å². The van der Waals surface area contributed by atoms with Crippen LogP contribution in [-0.4, -0.2) is 22.0 Å². The smallest absolute Gasteiger partial charge is 0.162 e. The van der Waals surface area contributed by atoms with Crippen molar-refractivity contribution in [3.8, 4) is 23.0 Å². The zero-order valence-corrected chi connectivity index (χ0v) is 27.1. The van der Waals surface area contributed by atoms with Gasteiger partial charge in [-0.25, -0.2) is 0 Å². The van der Waals surface area contributed by atoms with Gasteiger partial charge in [0, 0.05) is 0 Å². The molecule has 2 aliphatic heterocycles. The third-order valence-electron chi connectivity index (χ3n) is 7.57. The van der Waals surface area contributed by atoms with E-state index in [0.717, 1.165) is 34.1 Å². The lowest BCUT2D eigenvalue weighted by Crippen LogP contribution is -2.38. The van der Waals surface area contributed by atoms with E-state index in [1.807, 2.05) is 24.3 Å². The van der Waals surface area contributed by atoms with Gasteiger partial charge in [-0.3, -0.25) is 0 Å². The highest BCUT2D eigenvalue weighted by atomic mass is 31.1. The molecule has 218 valence electrons. The van der Waals surface area contributed by atoms with Crippen molar-refractivity contribution >= 4 is 26.5 Å². The van der Waals surface area contributed by atoms with Crippen molar-refractivity contribution in [2.24, 2.45) is 0 Å². The Kier molecular flexibility index (Phi) is 7.99. The van der Waals surface area contributed by atoms with E-state index in [-0.39, 0.29) is 22.0 Å². The van der Waals surface area contributed by atoms with Gasteiger partial charge in [-0.1, -0.05) is 114 Å². The monoisotopic (exact) mass is 598 g/mol. The summed E-state index contributed by atoms with van der Waals surface area (Å²) in [5.74, 6) is 3.49. The standard InChI is InChI=1S/C36H40O4P2/c1-35(2,3)41-31-27(37-23-25-15-9-7-10-16-25)19-13-21-29(31)39-33(41)34-40-30-22-14-20-28(32(30)42(34)36(4,5)6)38-24-26-17-11-8-12-18-26/h7-22,33-34H,23-24H2,1-6H3/t33-,34-,41-,42-/m0/s1. The fraction of sp³-hybridized carbons (Fsp3) is 0.333. The first-order valence-electron chi connectivity index (χ1n) is 14.6. The van der Waals surface area contributed by atoms with Crippen LogP contribution in [0.5, 0.6) is 23.0 Å². The van der Waals surface area contributed by atoms with Gasteiger partial charge in [0.15, 0.2) is 11.7 Å². The molecule has 0 bridgehead atoms. The van der Waals surface area contributed by atoms with Crippen molar-refractivity contribution in [2.75, 3.05) is 0 Å². The molecule has 6 rings (SSSR count). The van der Waals surface area contributed by atoms with Gasteiger partial charge in [0.1, 0.15) is 36.2 Å². The first-order valence-corrected chi connectivity index (χ1v) is 17.4. The Morgan fingerprint density at radius 2 is 0.905 bits per heavy atom. The highest BCUT2D eigenvalue weighted by molar-refractivity contribution is 7.72. The van der Waals surface area contributed by atoms with E-state index in [1.165, 1.54) is 10.6 Å². The number of rotatable bonds is 7. The molecule has 0 saturated heterocycles. The fourth-order valence-electron chi connectivity index (χ4n) is 5.80. The van der Waals surface area contributed by atoms with Crippen LogP contribution in [0.1, 0.15) is 52.7 Å². The van der Waals surface area contributed by atoms with Crippen LogP contribution in [0.25, 0.3) is 0 Å². The van der Waals surface area contributed by atoms with Crippen molar-refractivity contribution in [3.05, 3.63) is 108 Å². The Balaban J connectivity index is 1.35. The van der Waals surface area contributed by atoms with Gasteiger partial charge < -0.3 is 18.9 Å². The lowest BCUT2D eigenvalue weighted by molar-refractivity contribution is 0.171. The maximum Gasteiger partial charge on any atom is 0.162 e. The highest BCUT2D eigenvalue weighted by Crippen LogP contribution is 2.69. The van der Waals surface area contributed by atoms with E-state index >= 15 is 0 Å². The molecule has 4 atom stereocenters. The molecule has 2 aliphatic rings. The molecule has 2 heterocycles. The summed E-state index contributed by atoms with van der Waals surface area (Å²) >= 11 is 0. The van der Waals surface area contributed by atoms with Crippen molar-refractivity contribution in [3.63, 3.8) is 0 Å². The van der Waals surface area contributed by atoms with Gasteiger partial charge in [-0.05, 0) is 61.5 Å². The van der Waals surface area contributed by atoms with E-state index in [4.69, 9.17) is 18.9 Å². The summed E-state index contributed by atoms with van der Waals surface area (Å²) in [5.41, 5.74) is 2.30. The van der Waals surface area contributed by atoms with Gasteiger partial charge in [0.2, 0.25) is 0 Å². The minimum absolute atomic E-state index is 0.0267. The number of fused-ring (bicyclic) bond motifs is 2. The summed E-state index contributed by atoms with van der Waals surface area (Å²) in [5, 5.41) is 2.37. The summed E-state index contributed by atoms with van der Waals surface area (Å²) in [4.78, 5) is 0. The van der Waals surface area contributed by atoms with Crippen LogP contribution in [0.2, 0.25) is 0 Å². The van der Waals surface area contributed by atoms with Crippen molar-refractivity contribution in [2.45, 2.75) is 76.8 Å². The zero-order chi connectivity index (χ0) is 29.5. The largest absolute Gasteiger partial charge is 0.488 e. The molecule has 6 heteroatoms. The van der Waals surface area contributed by atoms with Crippen molar-refractivity contribution in [1.82, 2.24) is 0 Å². The quantitative estimate of drug-likeness (QED) is 0.199. The molecule has 4 nitrogen and oxygen atoms in total. The Morgan fingerprint density at radius 3 is 1.26 bits per heavy atom. The maximum atomic E-state index is 6.95. The number of hydrogen-bond acceptors (Lipinski definition) is 4. The first kappa shape index (κ1) is 29.0. The third kappa shape index (κ3) is 5.77.